The molecule has 0 aromatic rings. The van der Waals surface area contributed by atoms with Crippen LogP contribution in [0.3, 0.4) is 0 Å². The van der Waals surface area contributed by atoms with Gasteiger partial charge in [-0.1, -0.05) is 19.1 Å². The number of allylic oxidation sites excluding steroid dienone is 1. The van der Waals surface area contributed by atoms with Crippen molar-refractivity contribution < 1.29 is 0 Å². The van der Waals surface area contributed by atoms with Crippen molar-refractivity contribution in [3.8, 4) is 0 Å². The number of hydrogen-bond donors (Lipinski definition) is 0. The first-order valence-corrected chi connectivity index (χ1v) is 5.92. The Morgan fingerprint density at radius 3 is 2.57 bits per heavy atom. The zero-order chi connectivity index (χ0) is 10.2. The molecule has 0 atom stereocenters. The van der Waals surface area contributed by atoms with Gasteiger partial charge in [0.2, 0.25) is 0 Å². The summed E-state index contributed by atoms with van der Waals surface area (Å²) in [6.07, 6.45) is 7.19. The molecule has 0 aromatic heterocycles. The highest BCUT2D eigenvalue weighted by Gasteiger charge is 2.11. The molecular weight excluding hydrogens is 172 g/mol. The molecule has 1 rings (SSSR count). The van der Waals surface area contributed by atoms with E-state index in [2.05, 4.69) is 35.8 Å². The molecule has 2 nitrogen and oxygen atoms in total. The molecular formula is C12H24N2. The Kier molecular flexibility index (Phi) is 5.88. The molecule has 0 aliphatic carbocycles. The maximum Gasteiger partial charge on any atom is 0.0163 e. The predicted octanol–water partition coefficient (Wildman–Crippen LogP) is 1.98. The zero-order valence-electron chi connectivity index (χ0n) is 9.71. The molecule has 14 heavy (non-hydrogen) atoms. The van der Waals surface area contributed by atoms with Gasteiger partial charge in [0.1, 0.15) is 0 Å². The van der Waals surface area contributed by atoms with Crippen molar-refractivity contribution in [3.63, 3.8) is 0 Å². The van der Waals surface area contributed by atoms with Gasteiger partial charge in [-0.05, 0) is 39.4 Å². The van der Waals surface area contributed by atoms with Crippen LogP contribution in [0.1, 0.15) is 26.7 Å². The molecule has 1 aliphatic rings. The van der Waals surface area contributed by atoms with Crippen molar-refractivity contribution in [1.82, 2.24) is 9.80 Å². The first kappa shape index (κ1) is 11.7. The minimum absolute atomic E-state index is 1.11. The second-order valence-corrected chi connectivity index (χ2v) is 4.01. The van der Waals surface area contributed by atoms with Gasteiger partial charge in [0.15, 0.2) is 0 Å². The van der Waals surface area contributed by atoms with Crippen molar-refractivity contribution in [2.24, 2.45) is 0 Å². The molecule has 1 aliphatic heterocycles. The number of hydrogen-bond acceptors (Lipinski definition) is 2. The minimum atomic E-state index is 1.11. The lowest BCUT2D eigenvalue weighted by Crippen LogP contribution is -2.33. The maximum absolute atomic E-state index is 2.58. The van der Waals surface area contributed by atoms with E-state index in [4.69, 9.17) is 0 Å². The third-order valence-corrected chi connectivity index (χ3v) is 2.98. The Morgan fingerprint density at radius 1 is 1.29 bits per heavy atom. The largest absolute Gasteiger partial charge is 0.302 e. The molecule has 0 unspecified atom stereocenters. The Bertz CT molecular complexity index is 160. The van der Waals surface area contributed by atoms with Gasteiger partial charge in [-0.25, -0.2) is 0 Å². The molecule has 0 radical (unpaired) electrons. The van der Waals surface area contributed by atoms with E-state index < -0.39 is 0 Å². The molecule has 2 heteroatoms. The Morgan fingerprint density at radius 2 is 2.00 bits per heavy atom. The standard InChI is InChI=1S/C12H24N2/c1-3-5-8-13(4-2)11-12-14-9-6-7-10-14/h3,5H,4,6-12H2,1-2H3/b5-3+. The van der Waals surface area contributed by atoms with E-state index in [1.807, 2.05) is 0 Å². The van der Waals surface area contributed by atoms with Crippen molar-refractivity contribution in [2.45, 2.75) is 26.7 Å². The molecule has 1 saturated heterocycles. The number of likely N-dealkylation sites (N-methyl/N-ethyl adjacent to an activating group) is 1. The average molecular weight is 196 g/mol. The second-order valence-electron chi connectivity index (χ2n) is 4.01. The number of rotatable bonds is 6. The Labute approximate surface area is 88.6 Å². The van der Waals surface area contributed by atoms with E-state index in [1.165, 1.54) is 39.0 Å². The highest BCUT2D eigenvalue weighted by molar-refractivity contribution is 4.81. The number of nitrogens with zero attached hydrogens (tertiary/aromatic N) is 2. The van der Waals surface area contributed by atoms with Crippen LogP contribution in [0.5, 0.6) is 0 Å². The summed E-state index contributed by atoms with van der Waals surface area (Å²) in [6, 6.07) is 0. The fourth-order valence-corrected chi connectivity index (χ4v) is 1.92. The van der Waals surface area contributed by atoms with Crippen LogP contribution in [-0.2, 0) is 0 Å². The van der Waals surface area contributed by atoms with Gasteiger partial charge >= 0.3 is 0 Å². The summed E-state index contributed by atoms with van der Waals surface area (Å²) in [5.41, 5.74) is 0. The van der Waals surface area contributed by atoms with Crippen LogP contribution >= 0.6 is 0 Å². The van der Waals surface area contributed by atoms with Crippen molar-refractivity contribution >= 4 is 0 Å². The quantitative estimate of drug-likeness (QED) is 0.599. The van der Waals surface area contributed by atoms with Gasteiger partial charge in [-0.15, -0.1) is 0 Å². The van der Waals surface area contributed by atoms with E-state index in [0.717, 1.165) is 13.1 Å². The maximum atomic E-state index is 2.58. The minimum Gasteiger partial charge on any atom is -0.302 e. The van der Waals surface area contributed by atoms with Gasteiger partial charge in [-0.3, -0.25) is 4.90 Å². The first-order chi connectivity index (χ1) is 6.86. The smallest absolute Gasteiger partial charge is 0.0163 e. The highest BCUT2D eigenvalue weighted by atomic mass is 15.2. The summed E-state index contributed by atoms with van der Waals surface area (Å²) in [5, 5.41) is 0. The molecule has 1 fully saturated rings. The van der Waals surface area contributed by atoms with Crippen molar-refractivity contribution in [3.05, 3.63) is 12.2 Å². The van der Waals surface area contributed by atoms with E-state index in [9.17, 15) is 0 Å². The second kappa shape index (κ2) is 7.02. The predicted molar refractivity (Wildman–Crippen MR) is 62.6 cm³/mol. The fraction of sp³-hybridized carbons (Fsp3) is 0.833. The molecule has 0 spiro atoms. The summed E-state index contributed by atoms with van der Waals surface area (Å²) in [7, 11) is 0. The Hall–Kier alpha value is -0.340. The van der Waals surface area contributed by atoms with Crippen LogP contribution in [0.4, 0.5) is 0 Å². The number of likely N-dealkylation sites (tertiary alicyclic amines) is 1. The normalized spacial score (nSPS) is 18.8. The molecule has 0 N–H and O–H groups in total. The van der Waals surface area contributed by atoms with Crippen LogP contribution in [-0.4, -0.2) is 49.1 Å². The summed E-state index contributed by atoms with van der Waals surface area (Å²) < 4.78 is 0. The first-order valence-electron chi connectivity index (χ1n) is 5.92. The van der Waals surface area contributed by atoms with Gasteiger partial charge in [0.25, 0.3) is 0 Å². The summed E-state index contributed by atoms with van der Waals surface area (Å²) in [4.78, 5) is 5.08. The van der Waals surface area contributed by atoms with E-state index in [1.54, 1.807) is 0 Å². The van der Waals surface area contributed by atoms with Gasteiger partial charge < -0.3 is 4.90 Å². The van der Waals surface area contributed by atoms with Crippen LogP contribution in [0.25, 0.3) is 0 Å². The Balaban J connectivity index is 2.12. The third-order valence-electron chi connectivity index (χ3n) is 2.98. The van der Waals surface area contributed by atoms with E-state index in [-0.39, 0.29) is 0 Å². The molecule has 1 heterocycles. The van der Waals surface area contributed by atoms with Gasteiger partial charge in [0.05, 0.1) is 0 Å². The van der Waals surface area contributed by atoms with Crippen LogP contribution in [0, 0.1) is 0 Å². The SMILES string of the molecule is C/C=C/CN(CC)CCN1CCCC1. The summed E-state index contributed by atoms with van der Waals surface area (Å²) in [5.74, 6) is 0. The van der Waals surface area contributed by atoms with Crippen LogP contribution < -0.4 is 0 Å². The lowest BCUT2D eigenvalue weighted by atomic mass is 10.4. The molecule has 0 saturated carbocycles. The van der Waals surface area contributed by atoms with Crippen molar-refractivity contribution in [1.29, 1.82) is 0 Å². The fourth-order valence-electron chi connectivity index (χ4n) is 1.92. The summed E-state index contributed by atoms with van der Waals surface area (Å²) in [6.45, 7) is 11.7. The van der Waals surface area contributed by atoms with E-state index in [0.29, 0.717) is 0 Å². The van der Waals surface area contributed by atoms with Crippen LogP contribution in [0.2, 0.25) is 0 Å². The van der Waals surface area contributed by atoms with Crippen LogP contribution in [0.15, 0.2) is 12.2 Å². The zero-order valence-corrected chi connectivity index (χ0v) is 9.71. The lowest BCUT2D eigenvalue weighted by Gasteiger charge is -2.22. The topological polar surface area (TPSA) is 6.48 Å². The molecule has 0 aromatic carbocycles. The van der Waals surface area contributed by atoms with Crippen molar-refractivity contribution in [2.75, 3.05) is 39.3 Å². The molecule has 82 valence electrons. The highest BCUT2D eigenvalue weighted by Crippen LogP contribution is 2.06. The van der Waals surface area contributed by atoms with E-state index >= 15 is 0 Å². The average Bonchev–Trinajstić information content (AvgIpc) is 2.71. The molecule has 0 amide bonds. The van der Waals surface area contributed by atoms with Gasteiger partial charge in [-0.2, -0.15) is 0 Å². The van der Waals surface area contributed by atoms with Gasteiger partial charge in [0, 0.05) is 19.6 Å². The third kappa shape index (κ3) is 4.25. The monoisotopic (exact) mass is 196 g/mol. The summed E-state index contributed by atoms with van der Waals surface area (Å²) >= 11 is 0. The lowest BCUT2D eigenvalue weighted by molar-refractivity contribution is 0.249. The molecule has 0 bridgehead atoms.